The van der Waals surface area contributed by atoms with Gasteiger partial charge in [0.1, 0.15) is 17.2 Å². The lowest BCUT2D eigenvalue weighted by atomic mass is 10.1. The van der Waals surface area contributed by atoms with Crippen LogP contribution in [0.4, 0.5) is 5.69 Å². The lowest BCUT2D eigenvalue weighted by Gasteiger charge is -2.05. The average molecular weight is 301 g/mol. The van der Waals surface area contributed by atoms with Gasteiger partial charge in [-0.3, -0.25) is 9.79 Å². The third kappa shape index (κ3) is 3.76. The predicted octanol–water partition coefficient (Wildman–Crippen LogP) is 2.27. The van der Waals surface area contributed by atoms with Gasteiger partial charge in [0, 0.05) is 17.3 Å². The molecular weight excluding hydrogens is 286 g/mol. The highest BCUT2D eigenvalue weighted by molar-refractivity contribution is 5.86. The lowest BCUT2D eigenvalue weighted by Crippen LogP contribution is -2.04. The second kappa shape index (κ2) is 6.62. The molecule has 0 spiro atoms. The number of methoxy groups -OCH3 is 1. The van der Waals surface area contributed by atoms with Gasteiger partial charge in [0.2, 0.25) is 0 Å². The van der Waals surface area contributed by atoms with Crippen LogP contribution in [0.2, 0.25) is 0 Å². The van der Waals surface area contributed by atoms with Gasteiger partial charge in [-0.15, -0.1) is 0 Å². The molecule has 2 rings (SSSR count). The zero-order valence-electron chi connectivity index (χ0n) is 11.9. The number of aliphatic imine (C=N–C) groups is 1. The summed E-state index contributed by atoms with van der Waals surface area (Å²) in [4.78, 5) is 15.4. The van der Waals surface area contributed by atoms with Crippen LogP contribution in [-0.2, 0) is 16.0 Å². The molecule has 0 heterocycles. The molecule has 0 saturated carbocycles. The normalized spacial score (nSPS) is 10.8. The van der Waals surface area contributed by atoms with Crippen LogP contribution in [0.1, 0.15) is 11.1 Å². The number of phenolic OH excluding ortho intramolecular Hbond substituents is 3. The van der Waals surface area contributed by atoms with Gasteiger partial charge < -0.3 is 20.1 Å². The minimum Gasteiger partial charge on any atom is -0.508 e. The molecule has 3 N–H and O–H groups in total. The van der Waals surface area contributed by atoms with E-state index in [2.05, 4.69) is 9.73 Å². The van der Waals surface area contributed by atoms with Crippen LogP contribution in [-0.4, -0.2) is 34.6 Å². The number of esters is 1. The smallest absolute Gasteiger partial charge is 0.310 e. The molecule has 0 bridgehead atoms. The van der Waals surface area contributed by atoms with Gasteiger partial charge in [0.05, 0.1) is 19.2 Å². The first kappa shape index (κ1) is 15.4. The van der Waals surface area contributed by atoms with Crippen LogP contribution in [0.3, 0.4) is 0 Å². The van der Waals surface area contributed by atoms with Crippen LogP contribution in [0.25, 0.3) is 0 Å². The fraction of sp³-hybridized carbons (Fsp3) is 0.125. The molecule has 0 amide bonds. The Balaban J connectivity index is 2.26. The van der Waals surface area contributed by atoms with Crippen molar-refractivity contribution in [1.82, 2.24) is 0 Å². The number of carbonyl (C=O) groups excluding carboxylic acids is 1. The van der Waals surface area contributed by atoms with Crippen LogP contribution >= 0.6 is 0 Å². The van der Waals surface area contributed by atoms with E-state index in [0.29, 0.717) is 16.8 Å². The van der Waals surface area contributed by atoms with Crippen molar-refractivity contribution in [2.24, 2.45) is 4.99 Å². The fourth-order valence-electron chi connectivity index (χ4n) is 1.81. The summed E-state index contributed by atoms with van der Waals surface area (Å²) in [6.07, 6.45) is 1.31. The molecule has 0 fully saturated rings. The fourth-order valence-corrected chi connectivity index (χ4v) is 1.81. The van der Waals surface area contributed by atoms with Crippen LogP contribution in [0, 0.1) is 0 Å². The van der Waals surface area contributed by atoms with Crippen molar-refractivity contribution < 1.29 is 24.9 Å². The van der Waals surface area contributed by atoms with Gasteiger partial charge in [-0.25, -0.2) is 0 Å². The van der Waals surface area contributed by atoms with E-state index in [1.165, 1.54) is 37.6 Å². The average Bonchev–Trinajstić information content (AvgIpc) is 2.50. The van der Waals surface area contributed by atoms with E-state index in [9.17, 15) is 20.1 Å². The van der Waals surface area contributed by atoms with E-state index in [-0.39, 0.29) is 23.7 Å². The molecule has 2 aromatic carbocycles. The Bertz CT molecular complexity index is 724. The Morgan fingerprint density at radius 1 is 1.14 bits per heavy atom. The Morgan fingerprint density at radius 2 is 1.86 bits per heavy atom. The molecule has 0 saturated heterocycles. The van der Waals surface area contributed by atoms with E-state index in [1.54, 1.807) is 12.1 Å². The summed E-state index contributed by atoms with van der Waals surface area (Å²) in [7, 11) is 1.27. The minimum absolute atomic E-state index is 0.0105. The maximum Gasteiger partial charge on any atom is 0.310 e. The number of benzene rings is 2. The number of hydrogen-bond acceptors (Lipinski definition) is 6. The first-order valence-electron chi connectivity index (χ1n) is 6.44. The molecule has 0 unspecified atom stereocenters. The third-order valence-electron chi connectivity index (χ3n) is 2.99. The summed E-state index contributed by atoms with van der Waals surface area (Å²) in [6, 6.07) is 8.62. The summed E-state index contributed by atoms with van der Waals surface area (Å²) in [5, 5.41) is 28.8. The van der Waals surface area contributed by atoms with E-state index < -0.39 is 5.97 Å². The van der Waals surface area contributed by atoms with E-state index >= 15 is 0 Å². The summed E-state index contributed by atoms with van der Waals surface area (Å²) >= 11 is 0. The molecule has 0 aromatic heterocycles. The topological polar surface area (TPSA) is 99.4 Å². The SMILES string of the molecule is COC(=O)Cc1cc(N=Cc2cc(O)ccc2O)ccc1O. The number of hydrogen-bond donors (Lipinski definition) is 3. The number of nitrogens with zero attached hydrogens (tertiary/aromatic N) is 1. The van der Waals surface area contributed by atoms with Gasteiger partial charge in [-0.1, -0.05) is 0 Å². The highest BCUT2D eigenvalue weighted by Crippen LogP contribution is 2.25. The largest absolute Gasteiger partial charge is 0.508 e. The van der Waals surface area contributed by atoms with Gasteiger partial charge in [-0.05, 0) is 36.4 Å². The molecule has 6 heteroatoms. The molecule has 0 radical (unpaired) electrons. The van der Waals surface area contributed by atoms with E-state index in [4.69, 9.17) is 0 Å². The van der Waals surface area contributed by atoms with Crippen molar-refractivity contribution in [3.8, 4) is 17.2 Å². The number of aromatic hydroxyl groups is 3. The molecule has 2 aromatic rings. The van der Waals surface area contributed by atoms with Gasteiger partial charge in [0.25, 0.3) is 0 Å². The van der Waals surface area contributed by atoms with Crippen molar-refractivity contribution in [2.75, 3.05) is 7.11 Å². The predicted molar refractivity (Wildman–Crippen MR) is 80.9 cm³/mol. The van der Waals surface area contributed by atoms with Crippen LogP contribution in [0.15, 0.2) is 41.4 Å². The highest BCUT2D eigenvalue weighted by atomic mass is 16.5. The Morgan fingerprint density at radius 3 is 2.59 bits per heavy atom. The first-order valence-corrected chi connectivity index (χ1v) is 6.44. The van der Waals surface area contributed by atoms with E-state index in [0.717, 1.165) is 0 Å². The maximum atomic E-state index is 11.3. The Labute approximate surface area is 127 Å². The van der Waals surface area contributed by atoms with Crippen molar-refractivity contribution in [2.45, 2.75) is 6.42 Å². The zero-order valence-corrected chi connectivity index (χ0v) is 11.9. The minimum atomic E-state index is -0.470. The monoisotopic (exact) mass is 301 g/mol. The molecule has 0 atom stereocenters. The summed E-state index contributed by atoms with van der Waals surface area (Å²) in [5.41, 5.74) is 1.23. The number of ether oxygens (including phenoxy) is 1. The molecular formula is C16H15NO5. The Kier molecular flexibility index (Phi) is 4.63. The van der Waals surface area contributed by atoms with Gasteiger partial charge >= 0.3 is 5.97 Å². The quantitative estimate of drug-likeness (QED) is 0.457. The van der Waals surface area contributed by atoms with Gasteiger partial charge in [-0.2, -0.15) is 0 Å². The number of carbonyl (C=O) groups is 1. The standard InChI is InChI=1S/C16H15NO5/c1-22-16(21)8-10-6-12(2-4-14(10)19)17-9-11-7-13(18)3-5-15(11)20/h2-7,9,18-20H,8H2,1H3. The van der Waals surface area contributed by atoms with Gasteiger partial charge in [0.15, 0.2) is 0 Å². The van der Waals surface area contributed by atoms with Crippen molar-refractivity contribution in [3.05, 3.63) is 47.5 Å². The molecule has 0 aliphatic heterocycles. The molecule has 114 valence electrons. The Hall–Kier alpha value is -3.02. The molecule has 6 nitrogen and oxygen atoms in total. The second-order valence-electron chi connectivity index (χ2n) is 4.57. The number of rotatable bonds is 4. The van der Waals surface area contributed by atoms with E-state index in [1.807, 2.05) is 0 Å². The summed E-state index contributed by atoms with van der Waals surface area (Å²) in [5.74, 6) is -0.502. The summed E-state index contributed by atoms with van der Waals surface area (Å²) in [6.45, 7) is 0. The van der Waals surface area contributed by atoms with Crippen molar-refractivity contribution >= 4 is 17.9 Å². The van der Waals surface area contributed by atoms with Crippen molar-refractivity contribution in [1.29, 1.82) is 0 Å². The zero-order chi connectivity index (χ0) is 16.1. The molecule has 0 aliphatic rings. The second-order valence-corrected chi connectivity index (χ2v) is 4.57. The summed E-state index contributed by atoms with van der Waals surface area (Å²) < 4.78 is 4.56. The van der Waals surface area contributed by atoms with Crippen molar-refractivity contribution in [3.63, 3.8) is 0 Å². The maximum absolute atomic E-state index is 11.3. The molecule has 22 heavy (non-hydrogen) atoms. The first-order chi connectivity index (χ1) is 10.5. The van der Waals surface area contributed by atoms with Crippen LogP contribution in [0.5, 0.6) is 17.2 Å². The molecule has 0 aliphatic carbocycles. The third-order valence-corrected chi connectivity index (χ3v) is 2.99. The number of phenols is 3. The lowest BCUT2D eigenvalue weighted by molar-refractivity contribution is -0.139. The highest BCUT2D eigenvalue weighted by Gasteiger charge is 2.08. The van der Waals surface area contributed by atoms with Crippen LogP contribution < -0.4 is 0 Å².